The molecule has 0 saturated carbocycles. The molecule has 0 spiro atoms. The average molecular weight is 322 g/mol. The Hall–Kier alpha value is -1.74. The minimum atomic E-state index is -3.48. The Morgan fingerprint density at radius 3 is 2.14 bits per heavy atom. The number of rotatable bonds is 6. The van der Waals surface area contributed by atoms with E-state index in [1.165, 1.54) is 13.8 Å². The highest BCUT2D eigenvalue weighted by atomic mass is 32.2. The summed E-state index contributed by atoms with van der Waals surface area (Å²) in [6, 6.07) is 1.37. The maximum Gasteiger partial charge on any atom is 0.335 e. The van der Waals surface area contributed by atoms with Crippen LogP contribution in [0.5, 0.6) is 0 Å². The number of carboxylic acid groups (broad SMARTS) is 1. The second-order valence-corrected chi connectivity index (χ2v) is 6.98. The SMILES string of the molecule is CC(C)(CNc1c(F)cc(C(=O)O)cc1F)NS(C)(=O)=O. The Balaban J connectivity index is 2.92. The van der Waals surface area contributed by atoms with Crippen LogP contribution in [-0.4, -0.2) is 37.8 Å². The molecule has 6 nitrogen and oxygen atoms in total. The quantitative estimate of drug-likeness (QED) is 0.736. The van der Waals surface area contributed by atoms with Crippen LogP contribution in [-0.2, 0) is 10.0 Å². The van der Waals surface area contributed by atoms with Crippen LogP contribution in [0.15, 0.2) is 12.1 Å². The van der Waals surface area contributed by atoms with Gasteiger partial charge in [0.1, 0.15) is 17.3 Å². The third kappa shape index (κ3) is 5.27. The zero-order valence-electron chi connectivity index (χ0n) is 11.7. The Morgan fingerprint density at radius 2 is 1.76 bits per heavy atom. The van der Waals surface area contributed by atoms with E-state index in [1.54, 1.807) is 0 Å². The fourth-order valence-electron chi connectivity index (χ4n) is 1.71. The molecule has 0 aliphatic carbocycles. The Labute approximate surface area is 121 Å². The van der Waals surface area contributed by atoms with Crippen molar-refractivity contribution >= 4 is 21.7 Å². The van der Waals surface area contributed by atoms with Gasteiger partial charge in [-0.1, -0.05) is 0 Å². The maximum atomic E-state index is 13.7. The molecule has 0 aliphatic heterocycles. The van der Waals surface area contributed by atoms with E-state index in [0.717, 1.165) is 6.26 Å². The molecule has 1 aromatic carbocycles. The number of halogens is 2. The molecule has 1 aromatic rings. The van der Waals surface area contributed by atoms with Crippen LogP contribution in [0.3, 0.4) is 0 Å². The summed E-state index contributed by atoms with van der Waals surface area (Å²) in [5.41, 5.74) is -2.01. The van der Waals surface area contributed by atoms with Crippen molar-refractivity contribution in [3.05, 3.63) is 29.3 Å². The predicted molar refractivity (Wildman–Crippen MR) is 73.9 cm³/mol. The highest BCUT2D eigenvalue weighted by Gasteiger charge is 2.23. The van der Waals surface area contributed by atoms with Gasteiger partial charge in [0, 0.05) is 12.1 Å². The minimum Gasteiger partial charge on any atom is -0.478 e. The molecule has 0 atom stereocenters. The van der Waals surface area contributed by atoms with Crippen molar-refractivity contribution in [3.63, 3.8) is 0 Å². The third-order valence-corrected chi connectivity index (χ3v) is 3.38. The number of anilines is 1. The van der Waals surface area contributed by atoms with Gasteiger partial charge in [-0.15, -0.1) is 0 Å². The lowest BCUT2D eigenvalue weighted by Gasteiger charge is -2.26. The molecule has 9 heteroatoms. The summed E-state index contributed by atoms with van der Waals surface area (Å²) in [6.07, 6.45) is 0.970. The number of nitrogens with one attached hydrogen (secondary N) is 2. The molecular weight excluding hydrogens is 306 g/mol. The minimum absolute atomic E-state index is 0.0969. The van der Waals surface area contributed by atoms with Gasteiger partial charge in [-0.2, -0.15) is 0 Å². The van der Waals surface area contributed by atoms with Gasteiger partial charge >= 0.3 is 5.97 Å². The molecule has 0 heterocycles. The van der Waals surface area contributed by atoms with Crippen LogP contribution in [0.25, 0.3) is 0 Å². The first-order chi connectivity index (χ1) is 9.41. The number of aromatic carboxylic acids is 1. The molecular formula is C12H16F2N2O4S. The molecule has 0 aliphatic rings. The van der Waals surface area contributed by atoms with Crippen molar-refractivity contribution in [3.8, 4) is 0 Å². The molecule has 0 unspecified atom stereocenters. The summed E-state index contributed by atoms with van der Waals surface area (Å²) in [5, 5.41) is 11.1. The topological polar surface area (TPSA) is 95.5 Å². The summed E-state index contributed by atoms with van der Waals surface area (Å²) in [7, 11) is -3.48. The Morgan fingerprint density at radius 1 is 1.29 bits per heavy atom. The van der Waals surface area contributed by atoms with Gasteiger partial charge in [0.15, 0.2) is 0 Å². The van der Waals surface area contributed by atoms with Crippen LogP contribution in [0.1, 0.15) is 24.2 Å². The zero-order valence-corrected chi connectivity index (χ0v) is 12.5. The predicted octanol–water partition coefficient (Wildman–Crippen LogP) is 1.40. The number of hydrogen-bond donors (Lipinski definition) is 3. The second kappa shape index (κ2) is 5.94. The van der Waals surface area contributed by atoms with Crippen LogP contribution < -0.4 is 10.0 Å². The average Bonchev–Trinajstić information content (AvgIpc) is 2.23. The van der Waals surface area contributed by atoms with Gasteiger partial charge in [0.05, 0.1) is 11.8 Å². The molecule has 0 bridgehead atoms. The monoisotopic (exact) mass is 322 g/mol. The molecule has 0 amide bonds. The number of sulfonamides is 1. The van der Waals surface area contributed by atoms with Crippen molar-refractivity contribution in [2.45, 2.75) is 19.4 Å². The van der Waals surface area contributed by atoms with E-state index >= 15 is 0 Å². The van der Waals surface area contributed by atoms with Crippen LogP contribution in [0.4, 0.5) is 14.5 Å². The van der Waals surface area contributed by atoms with Crippen LogP contribution >= 0.6 is 0 Å². The fourth-order valence-corrected chi connectivity index (χ4v) is 2.79. The van der Waals surface area contributed by atoms with Gasteiger partial charge in [0.2, 0.25) is 10.0 Å². The summed E-state index contributed by atoms with van der Waals surface area (Å²) < 4.78 is 52.0. The first-order valence-electron chi connectivity index (χ1n) is 5.86. The van der Waals surface area contributed by atoms with Crippen molar-refractivity contribution < 1.29 is 27.1 Å². The largest absolute Gasteiger partial charge is 0.478 e. The lowest BCUT2D eigenvalue weighted by atomic mass is 10.1. The van der Waals surface area contributed by atoms with Gasteiger partial charge in [-0.05, 0) is 26.0 Å². The highest BCUT2D eigenvalue weighted by molar-refractivity contribution is 7.88. The lowest BCUT2D eigenvalue weighted by molar-refractivity contribution is 0.0695. The third-order valence-electron chi connectivity index (χ3n) is 2.46. The molecule has 3 N–H and O–H groups in total. The van der Waals surface area contributed by atoms with Crippen LogP contribution in [0, 0.1) is 11.6 Å². The van der Waals surface area contributed by atoms with Crippen molar-refractivity contribution in [2.75, 3.05) is 18.1 Å². The Bertz CT molecular complexity index is 636. The molecule has 0 saturated heterocycles. The van der Waals surface area contributed by atoms with Crippen molar-refractivity contribution in [1.29, 1.82) is 0 Å². The van der Waals surface area contributed by atoms with Gasteiger partial charge in [0.25, 0.3) is 0 Å². The molecule has 0 fully saturated rings. The fraction of sp³-hybridized carbons (Fsp3) is 0.417. The number of benzene rings is 1. The zero-order chi connectivity index (χ0) is 16.4. The molecule has 118 valence electrons. The summed E-state index contributed by atoms with van der Waals surface area (Å²) in [6.45, 7) is 2.96. The molecule has 21 heavy (non-hydrogen) atoms. The van der Waals surface area contributed by atoms with Crippen molar-refractivity contribution in [1.82, 2.24) is 4.72 Å². The van der Waals surface area contributed by atoms with Crippen LogP contribution in [0.2, 0.25) is 0 Å². The Kier molecular flexibility index (Phi) is 4.90. The number of carbonyl (C=O) groups is 1. The standard InChI is InChI=1S/C12H16F2N2O4S/c1-12(2,16-21(3,19)20)6-15-10-8(13)4-7(11(17)18)5-9(10)14/h4-5,15-16H,6H2,1-3H3,(H,17,18). The van der Waals surface area contributed by atoms with E-state index in [2.05, 4.69) is 10.0 Å². The van der Waals surface area contributed by atoms with E-state index in [-0.39, 0.29) is 6.54 Å². The number of carboxylic acids is 1. The summed E-state index contributed by atoms with van der Waals surface area (Å²) >= 11 is 0. The summed E-state index contributed by atoms with van der Waals surface area (Å²) in [4.78, 5) is 10.7. The smallest absolute Gasteiger partial charge is 0.335 e. The molecule has 1 rings (SSSR count). The van der Waals surface area contributed by atoms with E-state index in [1.807, 2.05) is 0 Å². The van der Waals surface area contributed by atoms with Gasteiger partial charge in [-0.3, -0.25) is 0 Å². The van der Waals surface area contributed by atoms with E-state index < -0.39 is 44.4 Å². The van der Waals surface area contributed by atoms with Gasteiger partial charge in [-0.25, -0.2) is 26.7 Å². The van der Waals surface area contributed by atoms with Crippen molar-refractivity contribution in [2.24, 2.45) is 0 Å². The molecule has 0 aromatic heterocycles. The summed E-state index contributed by atoms with van der Waals surface area (Å²) in [5.74, 6) is -3.58. The van der Waals surface area contributed by atoms with E-state index in [4.69, 9.17) is 5.11 Å². The van der Waals surface area contributed by atoms with Gasteiger partial charge < -0.3 is 10.4 Å². The van der Waals surface area contributed by atoms with E-state index in [9.17, 15) is 22.0 Å². The normalized spacial score (nSPS) is 12.2. The lowest BCUT2D eigenvalue weighted by Crippen LogP contribution is -2.47. The maximum absolute atomic E-state index is 13.7. The molecule has 0 radical (unpaired) electrons. The first kappa shape index (κ1) is 17.3. The second-order valence-electron chi connectivity index (χ2n) is 5.23. The highest BCUT2D eigenvalue weighted by Crippen LogP contribution is 2.21. The van der Waals surface area contributed by atoms with E-state index in [0.29, 0.717) is 12.1 Å². The first-order valence-corrected chi connectivity index (χ1v) is 7.75. The number of hydrogen-bond acceptors (Lipinski definition) is 4.